The van der Waals surface area contributed by atoms with Crippen molar-refractivity contribution in [2.75, 3.05) is 6.61 Å². The van der Waals surface area contributed by atoms with E-state index in [9.17, 15) is 4.79 Å². The lowest BCUT2D eigenvalue weighted by Gasteiger charge is -2.04. The summed E-state index contributed by atoms with van der Waals surface area (Å²) in [5, 5.41) is 1.03. The summed E-state index contributed by atoms with van der Waals surface area (Å²) in [6.07, 6.45) is 3.45. The Labute approximate surface area is 126 Å². The number of aromatic nitrogens is 3. The smallest absolute Gasteiger partial charge is 0.356 e. The molecule has 6 heteroatoms. The molecule has 0 bridgehead atoms. The molecular weight excluding hydrogens is 286 g/mol. The fourth-order valence-corrected chi connectivity index (χ4v) is 3.18. The maximum absolute atomic E-state index is 11.9. The van der Waals surface area contributed by atoms with Gasteiger partial charge < -0.3 is 4.74 Å². The molecule has 0 spiro atoms. The Morgan fingerprint density at radius 1 is 1.38 bits per heavy atom. The van der Waals surface area contributed by atoms with E-state index in [4.69, 9.17) is 4.74 Å². The molecule has 0 unspecified atom stereocenters. The number of pyridine rings is 1. The molecule has 0 aliphatic rings. The van der Waals surface area contributed by atoms with Crippen molar-refractivity contribution < 1.29 is 9.53 Å². The number of imidazole rings is 1. The highest BCUT2D eigenvalue weighted by Gasteiger charge is 2.15. The first-order valence-electron chi connectivity index (χ1n) is 6.68. The molecule has 0 fully saturated rings. The predicted molar refractivity (Wildman–Crippen MR) is 81.7 cm³/mol. The van der Waals surface area contributed by atoms with Crippen molar-refractivity contribution >= 4 is 23.0 Å². The Bertz CT molecular complexity index is 820. The normalized spacial score (nSPS) is 11.0. The topological polar surface area (TPSA) is 56.5 Å². The number of aryl methyl sites for hydroxylation is 2. The molecule has 3 aromatic heterocycles. The highest BCUT2D eigenvalue weighted by atomic mass is 32.1. The van der Waals surface area contributed by atoms with E-state index < -0.39 is 0 Å². The molecule has 3 heterocycles. The van der Waals surface area contributed by atoms with E-state index in [1.807, 2.05) is 32.2 Å². The van der Waals surface area contributed by atoms with Gasteiger partial charge in [-0.05, 0) is 32.9 Å². The molecule has 0 saturated heterocycles. The molecule has 0 saturated carbocycles. The van der Waals surface area contributed by atoms with Crippen LogP contribution >= 0.6 is 11.3 Å². The molecule has 0 aliphatic heterocycles. The van der Waals surface area contributed by atoms with Gasteiger partial charge in [0, 0.05) is 11.8 Å². The fourth-order valence-electron chi connectivity index (χ4n) is 2.27. The van der Waals surface area contributed by atoms with Crippen LogP contribution in [0.1, 0.15) is 28.1 Å². The highest BCUT2D eigenvalue weighted by molar-refractivity contribution is 7.15. The Hall–Kier alpha value is -2.21. The van der Waals surface area contributed by atoms with Crippen LogP contribution in [0.25, 0.3) is 16.1 Å². The van der Waals surface area contributed by atoms with Crippen molar-refractivity contribution in [2.45, 2.75) is 20.8 Å². The molecule has 0 atom stereocenters. The molecule has 5 nitrogen and oxygen atoms in total. The van der Waals surface area contributed by atoms with Crippen LogP contribution in [0.3, 0.4) is 0 Å². The van der Waals surface area contributed by atoms with Crippen LogP contribution in [0.5, 0.6) is 0 Å². The molecule has 0 amide bonds. The molecule has 21 heavy (non-hydrogen) atoms. The van der Waals surface area contributed by atoms with E-state index in [0.717, 1.165) is 26.8 Å². The Morgan fingerprint density at radius 3 is 2.86 bits per heavy atom. The molecule has 0 radical (unpaired) electrons. The van der Waals surface area contributed by atoms with Gasteiger partial charge in [-0.3, -0.25) is 4.40 Å². The number of fused-ring (bicyclic) bond motifs is 1. The zero-order valence-electron chi connectivity index (χ0n) is 12.1. The zero-order valence-corrected chi connectivity index (χ0v) is 12.9. The zero-order chi connectivity index (χ0) is 15.0. The van der Waals surface area contributed by atoms with Gasteiger partial charge in [0.15, 0.2) is 5.69 Å². The fraction of sp³-hybridized carbons (Fsp3) is 0.267. The molecule has 3 aromatic rings. The van der Waals surface area contributed by atoms with E-state index in [2.05, 4.69) is 9.97 Å². The first-order valence-corrected chi connectivity index (χ1v) is 7.50. The van der Waals surface area contributed by atoms with E-state index in [-0.39, 0.29) is 5.97 Å². The second kappa shape index (κ2) is 5.29. The number of thiazole rings is 1. The van der Waals surface area contributed by atoms with Gasteiger partial charge in [0.2, 0.25) is 0 Å². The SMILES string of the molecule is CCOC(=O)c1cnc2ccc(-c3sc(C)nc3C)cn12. The van der Waals surface area contributed by atoms with Gasteiger partial charge >= 0.3 is 5.97 Å². The summed E-state index contributed by atoms with van der Waals surface area (Å²) in [4.78, 5) is 21.7. The minimum Gasteiger partial charge on any atom is -0.461 e. The summed E-state index contributed by atoms with van der Waals surface area (Å²) in [6, 6.07) is 3.89. The third-order valence-electron chi connectivity index (χ3n) is 3.16. The Balaban J connectivity index is 2.12. The number of hydrogen-bond acceptors (Lipinski definition) is 5. The number of carbonyl (C=O) groups excluding carboxylic acids is 1. The number of carbonyl (C=O) groups is 1. The van der Waals surface area contributed by atoms with Crippen LogP contribution in [0, 0.1) is 13.8 Å². The van der Waals surface area contributed by atoms with Crippen molar-refractivity contribution in [3.63, 3.8) is 0 Å². The van der Waals surface area contributed by atoms with Gasteiger partial charge in [-0.1, -0.05) is 0 Å². The standard InChI is InChI=1S/C15H15N3O2S/c1-4-20-15(19)12-7-16-13-6-5-11(8-18(12)13)14-9(2)17-10(3)21-14/h5-8H,4H2,1-3H3. The molecule has 108 valence electrons. The van der Waals surface area contributed by atoms with Crippen LogP contribution in [0.2, 0.25) is 0 Å². The van der Waals surface area contributed by atoms with Gasteiger partial charge in [0.05, 0.1) is 28.4 Å². The molecule has 3 rings (SSSR count). The summed E-state index contributed by atoms with van der Waals surface area (Å²) in [5.41, 5.74) is 3.18. The van der Waals surface area contributed by atoms with E-state index >= 15 is 0 Å². The van der Waals surface area contributed by atoms with Gasteiger partial charge in [-0.25, -0.2) is 14.8 Å². The summed E-state index contributed by atoms with van der Waals surface area (Å²) in [6.45, 7) is 6.11. The maximum atomic E-state index is 11.9. The van der Waals surface area contributed by atoms with Crippen molar-refractivity contribution in [2.24, 2.45) is 0 Å². The van der Waals surface area contributed by atoms with Crippen molar-refractivity contribution in [3.8, 4) is 10.4 Å². The van der Waals surface area contributed by atoms with Crippen molar-refractivity contribution in [1.29, 1.82) is 0 Å². The monoisotopic (exact) mass is 301 g/mol. The minimum absolute atomic E-state index is 0.346. The van der Waals surface area contributed by atoms with E-state index in [0.29, 0.717) is 12.3 Å². The molecule has 0 aliphatic carbocycles. The average Bonchev–Trinajstić information content (AvgIpc) is 3.01. The van der Waals surface area contributed by atoms with Gasteiger partial charge in [-0.2, -0.15) is 0 Å². The third kappa shape index (κ3) is 2.42. The Morgan fingerprint density at radius 2 is 2.19 bits per heavy atom. The highest BCUT2D eigenvalue weighted by Crippen LogP contribution is 2.30. The third-order valence-corrected chi connectivity index (χ3v) is 4.28. The van der Waals surface area contributed by atoms with Crippen LogP contribution in [0.4, 0.5) is 0 Å². The van der Waals surface area contributed by atoms with Crippen LogP contribution in [0.15, 0.2) is 24.5 Å². The van der Waals surface area contributed by atoms with Crippen molar-refractivity contribution in [3.05, 3.63) is 40.9 Å². The molecular formula is C15H15N3O2S. The summed E-state index contributed by atoms with van der Waals surface area (Å²) >= 11 is 1.64. The second-order valence-corrected chi connectivity index (χ2v) is 5.86. The summed E-state index contributed by atoms with van der Waals surface area (Å²) in [7, 11) is 0. The lowest BCUT2D eigenvalue weighted by Crippen LogP contribution is -2.07. The van der Waals surface area contributed by atoms with Crippen LogP contribution in [-0.2, 0) is 4.74 Å². The van der Waals surface area contributed by atoms with Crippen LogP contribution < -0.4 is 0 Å². The lowest BCUT2D eigenvalue weighted by atomic mass is 10.2. The van der Waals surface area contributed by atoms with Gasteiger partial charge in [0.1, 0.15) is 5.65 Å². The van der Waals surface area contributed by atoms with Gasteiger partial charge in [0.25, 0.3) is 0 Å². The van der Waals surface area contributed by atoms with Gasteiger partial charge in [-0.15, -0.1) is 11.3 Å². The van der Waals surface area contributed by atoms with Crippen molar-refractivity contribution in [1.82, 2.24) is 14.4 Å². The van der Waals surface area contributed by atoms with Crippen LogP contribution in [-0.4, -0.2) is 26.9 Å². The maximum Gasteiger partial charge on any atom is 0.356 e. The molecule has 0 aromatic carbocycles. The lowest BCUT2D eigenvalue weighted by molar-refractivity contribution is 0.0518. The average molecular weight is 301 g/mol. The quantitative estimate of drug-likeness (QED) is 0.697. The number of ether oxygens (including phenoxy) is 1. The predicted octanol–water partition coefficient (Wildman–Crippen LogP) is 3.25. The number of nitrogens with zero attached hydrogens (tertiary/aromatic N) is 3. The second-order valence-electron chi connectivity index (χ2n) is 4.66. The first-order chi connectivity index (χ1) is 10.1. The largest absolute Gasteiger partial charge is 0.461 e. The number of rotatable bonds is 3. The first kappa shape index (κ1) is 13.8. The summed E-state index contributed by atoms with van der Waals surface area (Å²) < 4.78 is 6.82. The molecule has 0 N–H and O–H groups in total. The Kier molecular flexibility index (Phi) is 3.47. The minimum atomic E-state index is -0.362. The number of hydrogen-bond donors (Lipinski definition) is 0. The summed E-state index contributed by atoms with van der Waals surface area (Å²) in [5.74, 6) is -0.362. The van der Waals surface area contributed by atoms with E-state index in [1.54, 1.807) is 28.9 Å². The number of esters is 1. The van der Waals surface area contributed by atoms with E-state index in [1.165, 1.54) is 0 Å².